The zero-order valence-electron chi connectivity index (χ0n) is 17.5. The number of rotatable bonds is 7. The third-order valence-corrected chi connectivity index (χ3v) is 5.36. The number of nitrogens with zero attached hydrogens (tertiary/aromatic N) is 4. The van der Waals surface area contributed by atoms with Crippen LogP contribution in [-0.4, -0.2) is 52.5 Å². The van der Waals surface area contributed by atoms with E-state index in [-0.39, 0.29) is 5.91 Å². The number of ether oxygens (including phenoxy) is 1. The number of methoxy groups -OCH3 is 1. The van der Waals surface area contributed by atoms with Crippen molar-refractivity contribution in [2.24, 2.45) is 0 Å². The summed E-state index contributed by atoms with van der Waals surface area (Å²) in [6, 6.07) is 13.2. The second kappa shape index (κ2) is 9.99. The normalized spacial score (nSPS) is 14.7. The summed E-state index contributed by atoms with van der Waals surface area (Å²) in [7, 11) is 1.62. The highest BCUT2D eigenvalue weighted by molar-refractivity contribution is 5.92. The van der Waals surface area contributed by atoms with Crippen LogP contribution in [0, 0.1) is 0 Å². The van der Waals surface area contributed by atoms with E-state index in [9.17, 15) is 4.79 Å². The van der Waals surface area contributed by atoms with Gasteiger partial charge in [0.2, 0.25) is 11.9 Å². The highest BCUT2D eigenvalue weighted by Crippen LogP contribution is 2.27. The summed E-state index contributed by atoms with van der Waals surface area (Å²) in [6.07, 6.45) is 7.18. The average molecular weight is 419 g/mol. The first-order chi connectivity index (χ1) is 15.2. The van der Waals surface area contributed by atoms with Gasteiger partial charge in [0.1, 0.15) is 5.75 Å². The van der Waals surface area contributed by atoms with E-state index in [1.807, 2.05) is 36.5 Å². The molecule has 3 heterocycles. The highest BCUT2D eigenvalue weighted by Gasteiger charge is 2.23. The van der Waals surface area contributed by atoms with Crippen LogP contribution in [0.5, 0.6) is 5.75 Å². The average Bonchev–Trinajstić information content (AvgIpc) is 2.81. The Kier molecular flexibility index (Phi) is 6.68. The Morgan fingerprint density at radius 3 is 2.39 bits per heavy atom. The molecule has 8 heteroatoms. The second-order valence-electron chi connectivity index (χ2n) is 7.50. The van der Waals surface area contributed by atoms with Gasteiger partial charge in [-0.1, -0.05) is 0 Å². The van der Waals surface area contributed by atoms with Gasteiger partial charge in [0.25, 0.3) is 0 Å². The van der Waals surface area contributed by atoms with Crippen molar-refractivity contribution in [3.05, 3.63) is 66.7 Å². The fourth-order valence-electron chi connectivity index (χ4n) is 3.68. The number of likely N-dealkylation sites (tertiary alicyclic amines) is 1. The monoisotopic (exact) mass is 418 g/mol. The number of benzene rings is 1. The molecular weight excluding hydrogens is 392 g/mol. The van der Waals surface area contributed by atoms with Gasteiger partial charge < -0.3 is 15.4 Å². The van der Waals surface area contributed by atoms with Crippen LogP contribution >= 0.6 is 0 Å². The van der Waals surface area contributed by atoms with Gasteiger partial charge in [0, 0.05) is 29.7 Å². The molecule has 0 saturated carbocycles. The maximum atomic E-state index is 12.4. The van der Waals surface area contributed by atoms with Crippen LogP contribution in [-0.2, 0) is 4.79 Å². The van der Waals surface area contributed by atoms with Crippen LogP contribution in [0.4, 0.5) is 17.3 Å². The topological polar surface area (TPSA) is 92.3 Å². The smallest absolute Gasteiger partial charge is 0.238 e. The summed E-state index contributed by atoms with van der Waals surface area (Å²) in [5.74, 6) is 1.73. The van der Waals surface area contributed by atoms with Gasteiger partial charge in [-0.2, -0.15) is 0 Å². The molecule has 4 rings (SSSR count). The third kappa shape index (κ3) is 5.76. The van der Waals surface area contributed by atoms with E-state index in [0.717, 1.165) is 48.7 Å². The molecule has 8 nitrogen and oxygen atoms in total. The van der Waals surface area contributed by atoms with Crippen LogP contribution in [0.15, 0.2) is 61.1 Å². The van der Waals surface area contributed by atoms with Crippen LogP contribution in [0.3, 0.4) is 0 Å². The minimum absolute atomic E-state index is 0.000278. The molecule has 0 atom stereocenters. The maximum Gasteiger partial charge on any atom is 0.238 e. The first kappa shape index (κ1) is 20.7. The summed E-state index contributed by atoms with van der Waals surface area (Å²) in [6.45, 7) is 2.15. The second-order valence-corrected chi connectivity index (χ2v) is 7.50. The predicted molar refractivity (Wildman–Crippen MR) is 120 cm³/mol. The van der Waals surface area contributed by atoms with Crippen LogP contribution < -0.4 is 15.4 Å². The van der Waals surface area contributed by atoms with Gasteiger partial charge in [-0.05, 0) is 68.4 Å². The Bertz CT molecular complexity index is 971. The van der Waals surface area contributed by atoms with E-state index in [4.69, 9.17) is 4.74 Å². The Hall–Kier alpha value is -3.52. The van der Waals surface area contributed by atoms with Crippen molar-refractivity contribution in [3.8, 4) is 5.75 Å². The number of carbonyl (C=O) groups excluding carboxylic acids is 1. The van der Waals surface area contributed by atoms with Gasteiger partial charge in [-0.15, -0.1) is 0 Å². The fourth-order valence-corrected chi connectivity index (χ4v) is 3.68. The zero-order chi connectivity index (χ0) is 21.5. The Morgan fingerprint density at radius 1 is 1.03 bits per heavy atom. The van der Waals surface area contributed by atoms with E-state index < -0.39 is 0 Å². The number of amides is 1. The highest BCUT2D eigenvalue weighted by atomic mass is 16.5. The molecular formula is C23H26N6O2. The first-order valence-corrected chi connectivity index (χ1v) is 10.4. The fraction of sp³-hybridized carbons (Fsp3) is 0.304. The molecule has 0 aliphatic carbocycles. The van der Waals surface area contributed by atoms with Gasteiger partial charge in [-0.3, -0.25) is 14.7 Å². The quantitative estimate of drug-likeness (QED) is 0.607. The number of pyridine rings is 1. The van der Waals surface area contributed by atoms with E-state index in [2.05, 4.69) is 36.6 Å². The number of carbonyl (C=O) groups is 1. The molecule has 1 aliphatic rings. The lowest BCUT2D eigenvalue weighted by atomic mass is 9.93. The van der Waals surface area contributed by atoms with Crippen molar-refractivity contribution >= 4 is 23.2 Å². The van der Waals surface area contributed by atoms with Crippen LogP contribution in [0.2, 0.25) is 0 Å². The minimum Gasteiger partial charge on any atom is -0.497 e. The van der Waals surface area contributed by atoms with E-state index in [0.29, 0.717) is 18.4 Å². The van der Waals surface area contributed by atoms with Gasteiger partial charge in [-0.25, -0.2) is 9.97 Å². The predicted octanol–water partition coefficient (Wildman–Crippen LogP) is 3.44. The number of aromatic nitrogens is 3. The number of piperidine rings is 1. The van der Waals surface area contributed by atoms with E-state index in [1.165, 1.54) is 0 Å². The van der Waals surface area contributed by atoms with Crippen molar-refractivity contribution in [2.45, 2.75) is 18.8 Å². The lowest BCUT2D eigenvalue weighted by Gasteiger charge is -2.31. The lowest BCUT2D eigenvalue weighted by Crippen LogP contribution is -2.38. The van der Waals surface area contributed by atoms with Crippen molar-refractivity contribution < 1.29 is 9.53 Å². The van der Waals surface area contributed by atoms with E-state index in [1.54, 1.807) is 25.6 Å². The van der Waals surface area contributed by atoms with Crippen molar-refractivity contribution in [3.63, 3.8) is 0 Å². The minimum atomic E-state index is 0.000278. The van der Waals surface area contributed by atoms with Crippen molar-refractivity contribution in [1.29, 1.82) is 0 Å². The molecule has 2 N–H and O–H groups in total. The lowest BCUT2D eigenvalue weighted by molar-refractivity contribution is -0.117. The number of anilines is 3. The van der Waals surface area contributed by atoms with E-state index >= 15 is 0 Å². The van der Waals surface area contributed by atoms with Gasteiger partial charge >= 0.3 is 0 Å². The molecule has 1 fully saturated rings. The van der Waals surface area contributed by atoms with Crippen LogP contribution in [0.1, 0.15) is 24.5 Å². The van der Waals surface area contributed by atoms with Crippen molar-refractivity contribution in [2.75, 3.05) is 37.4 Å². The third-order valence-electron chi connectivity index (χ3n) is 5.36. The number of hydrogen-bond acceptors (Lipinski definition) is 7. The molecule has 160 valence electrons. The van der Waals surface area contributed by atoms with Gasteiger partial charge in [0.15, 0.2) is 0 Å². The molecule has 1 amide bonds. The number of hydrogen-bond donors (Lipinski definition) is 2. The van der Waals surface area contributed by atoms with Crippen LogP contribution in [0.25, 0.3) is 0 Å². The maximum absolute atomic E-state index is 12.4. The number of nitrogens with one attached hydrogen (secondary N) is 2. The molecule has 0 radical (unpaired) electrons. The summed E-state index contributed by atoms with van der Waals surface area (Å²) >= 11 is 0. The molecule has 0 unspecified atom stereocenters. The molecule has 3 aromatic rings. The molecule has 0 bridgehead atoms. The molecule has 1 aliphatic heterocycles. The largest absolute Gasteiger partial charge is 0.497 e. The zero-order valence-corrected chi connectivity index (χ0v) is 17.5. The van der Waals surface area contributed by atoms with Crippen molar-refractivity contribution in [1.82, 2.24) is 19.9 Å². The summed E-state index contributed by atoms with van der Waals surface area (Å²) in [5.41, 5.74) is 2.73. The summed E-state index contributed by atoms with van der Waals surface area (Å²) < 4.78 is 5.14. The summed E-state index contributed by atoms with van der Waals surface area (Å²) in [4.78, 5) is 27.5. The SMILES string of the molecule is COc1ccc(NC(=O)CN2CCC(c3ccc(Nc4ncccn4)cn3)CC2)cc1. The Labute approximate surface area is 181 Å². The summed E-state index contributed by atoms with van der Waals surface area (Å²) in [5, 5.41) is 6.09. The Morgan fingerprint density at radius 2 is 1.74 bits per heavy atom. The molecule has 1 aromatic carbocycles. The standard InChI is InChI=1S/C23H26N6O2/c1-31-20-6-3-18(4-7-20)27-22(30)16-29-13-9-17(10-14-29)21-8-5-19(15-26-21)28-23-24-11-2-12-25-23/h2-8,11-12,15,17H,9-10,13-14,16H2,1H3,(H,27,30)(H,24,25,28). The molecule has 0 spiro atoms. The first-order valence-electron chi connectivity index (χ1n) is 10.4. The Balaban J connectivity index is 1.24. The van der Waals surface area contributed by atoms with Gasteiger partial charge in [0.05, 0.1) is 25.5 Å². The molecule has 1 saturated heterocycles. The molecule has 31 heavy (non-hydrogen) atoms. The molecule has 2 aromatic heterocycles.